The summed E-state index contributed by atoms with van der Waals surface area (Å²) in [5, 5.41) is 7.64. The third-order valence-electron chi connectivity index (χ3n) is 6.55. The number of halogens is 9. The second kappa shape index (κ2) is 10.2. The summed E-state index contributed by atoms with van der Waals surface area (Å²) in [4.78, 5) is 29.2. The van der Waals surface area contributed by atoms with E-state index in [1.165, 1.54) is 25.1 Å². The van der Waals surface area contributed by atoms with Gasteiger partial charge >= 0.3 is 12.4 Å². The Morgan fingerprint density at radius 2 is 1.75 bits per heavy atom. The van der Waals surface area contributed by atoms with Gasteiger partial charge in [0.2, 0.25) is 5.91 Å². The predicted molar refractivity (Wildman–Crippen MR) is 126 cm³/mol. The Bertz CT molecular complexity index is 1370. The summed E-state index contributed by atoms with van der Waals surface area (Å²) < 4.78 is 108. The zero-order valence-corrected chi connectivity index (χ0v) is 21.2. The number of nitrogens with one attached hydrogen (secondary N) is 2. The van der Waals surface area contributed by atoms with Gasteiger partial charge in [0.1, 0.15) is 0 Å². The van der Waals surface area contributed by atoms with Crippen LogP contribution in [-0.4, -0.2) is 42.2 Å². The molecule has 4 rings (SSSR count). The standard InChI is InChI=1S/C25H20ClF8N3O3/c1-12-4-13(2-3-18(12)21(39)35-11-20(38)36-17-8-22(27,28)9-17)19-10-23(40-37-19,25(32,33)34)14-5-15(24(29,30)31)7-16(26)6-14/h2-7,17H,8-11H2,1H3,(H,35,39)(H,36,38). The Labute approximate surface area is 226 Å². The first-order chi connectivity index (χ1) is 18.4. The first-order valence-electron chi connectivity index (χ1n) is 11.7. The topological polar surface area (TPSA) is 79.8 Å². The minimum atomic E-state index is -5.18. The normalized spacial score (nSPS) is 20.8. The van der Waals surface area contributed by atoms with E-state index in [1.54, 1.807) is 0 Å². The van der Waals surface area contributed by atoms with Gasteiger partial charge < -0.3 is 15.5 Å². The highest BCUT2D eigenvalue weighted by atomic mass is 35.5. The van der Waals surface area contributed by atoms with Crippen molar-refractivity contribution in [2.75, 3.05) is 6.54 Å². The molecule has 1 aliphatic carbocycles. The number of hydrogen-bond donors (Lipinski definition) is 2. The lowest BCUT2D eigenvalue weighted by Gasteiger charge is -2.35. The number of benzene rings is 2. The average molecular weight is 598 g/mol. The van der Waals surface area contributed by atoms with Crippen molar-refractivity contribution in [3.63, 3.8) is 0 Å². The van der Waals surface area contributed by atoms with Crippen LogP contribution in [0.1, 0.15) is 51.9 Å². The third-order valence-corrected chi connectivity index (χ3v) is 6.76. The Hall–Kier alpha value is -3.42. The number of nitrogens with zero attached hydrogens (tertiary/aromatic N) is 1. The molecule has 2 aliphatic rings. The second-order valence-corrected chi connectivity index (χ2v) is 10.0. The van der Waals surface area contributed by atoms with Crippen LogP contribution in [0, 0.1) is 6.92 Å². The molecule has 40 heavy (non-hydrogen) atoms. The van der Waals surface area contributed by atoms with Gasteiger partial charge in [-0.1, -0.05) is 22.8 Å². The molecule has 2 aromatic carbocycles. The number of carbonyl (C=O) groups is 2. The lowest BCUT2D eigenvalue weighted by atomic mass is 9.85. The highest BCUT2D eigenvalue weighted by molar-refractivity contribution is 6.30. The molecule has 0 spiro atoms. The number of aryl methyl sites for hydroxylation is 1. The van der Waals surface area contributed by atoms with E-state index in [4.69, 9.17) is 16.4 Å². The number of hydrogen-bond acceptors (Lipinski definition) is 4. The zero-order chi connectivity index (χ0) is 29.7. The molecular weight excluding hydrogens is 578 g/mol. The summed E-state index contributed by atoms with van der Waals surface area (Å²) in [7, 11) is 0. The van der Waals surface area contributed by atoms with Gasteiger partial charge in [-0.25, -0.2) is 8.78 Å². The number of rotatable bonds is 6. The molecule has 0 aromatic heterocycles. The van der Waals surface area contributed by atoms with Crippen molar-refractivity contribution in [1.82, 2.24) is 10.6 Å². The highest BCUT2D eigenvalue weighted by Crippen LogP contribution is 2.50. The molecule has 1 aliphatic heterocycles. The van der Waals surface area contributed by atoms with E-state index in [9.17, 15) is 44.7 Å². The van der Waals surface area contributed by atoms with Crippen LogP contribution in [0.3, 0.4) is 0 Å². The van der Waals surface area contributed by atoms with Gasteiger partial charge in [-0.15, -0.1) is 0 Å². The van der Waals surface area contributed by atoms with Crippen molar-refractivity contribution in [2.45, 2.75) is 56.1 Å². The molecule has 1 saturated carbocycles. The molecule has 216 valence electrons. The fourth-order valence-electron chi connectivity index (χ4n) is 4.44. The van der Waals surface area contributed by atoms with Gasteiger partial charge in [0.25, 0.3) is 17.4 Å². The van der Waals surface area contributed by atoms with Crippen molar-refractivity contribution in [2.24, 2.45) is 5.16 Å². The zero-order valence-electron chi connectivity index (χ0n) is 20.4. The van der Waals surface area contributed by atoms with Gasteiger partial charge in [-0.2, -0.15) is 26.3 Å². The molecule has 1 unspecified atom stereocenters. The minimum absolute atomic E-state index is 0.0676. The first-order valence-corrected chi connectivity index (χ1v) is 12.0. The van der Waals surface area contributed by atoms with E-state index >= 15 is 0 Å². The Balaban J connectivity index is 1.48. The maximum atomic E-state index is 14.2. The molecular formula is C25H20ClF8N3O3. The number of oxime groups is 1. The summed E-state index contributed by atoms with van der Waals surface area (Å²) in [6, 6.07) is 4.71. The van der Waals surface area contributed by atoms with Crippen molar-refractivity contribution < 1.29 is 49.5 Å². The van der Waals surface area contributed by atoms with E-state index in [0.717, 1.165) is 6.07 Å². The summed E-state index contributed by atoms with van der Waals surface area (Å²) >= 11 is 5.71. The molecule has 0 saturated heterocycles. The van der Waals surface area contributed by atoms with Crippen molar-refractivity contribution >= 4 is 29.1 Å². The van der Waals surface area contributed by atoms with Crippen molar-refractivity contribution in [3.8, 4) is 0 Å². The van der Waals surface area contributed by atoms with E-state index in [2.05, 4.69) is 15.8 Å². The van der Waals surface area contributed by atoms with Crippen LogP contribution < -0.4 is 10.6 Å². The summed E-state index contributed by atoms with van der Waals surface area (Å²) in [5.74, 6) is -4.20. The van der Waals surface area contributed by atoms with Crippen LogP contribution in [0.2, 0.25) is 5.02 Å². The fraction of sp³-hybridized carbons (Fsp3) is 0.400. The molecule has 2 N–H and O–H groups in total. The van der Waals surface area contributed by atoms with Crippen LogP contribution in [0.15, 0.2) is 41.6 Å². The van der Waals surface area contributed by atoms with Gasteiger partial charge in [0.15, 0.2) is 0 Å². The van der Waals surface area contributed by atoms with Crippen LogP contribution in [0.25, 0.3) is 0 Å². The Kier molecular flexibility index (Phi) is 7.54. The summed E-state index contributed by atoms with van der Waals surface area (Å²) in [6.07, 6.45) is -12.1. The SMILES string of the molecule is Cc1cc(C2=NOC(c3cc(Cl)cc(C(F)(F)F)c3)(C(F)(F)F)C2)ccc1C(=O)NCC(=O)NC1CC(F)(F)C1. The van der Waals surface area contributed by atoms with Crippen molar-refractivity contribution in [3.05, 3.63) is 69.2 Å². The molecule has 1 atom stereocenters. The number of alkyl halides is 8. The maximum absolute atomic E-state index is 14.2. The third kappa shape index (κ3) is 6.01. The van der Waals surface area contributed by atoms with Gasteiger partial charge in [0.05, 0.1) is 17.8 Å². The molecule has 1 heterocycles. The van der Waals surface area contributed by atoms with Gasteiger partial charge in [-0.3, -0.25) is 9.59 Å². The number of amides is 2. The Morgan fingerprint density at radius 3 is 2.33 bits per heavy atom. The molecule has 2 amide bonds. The van der Waals surface area contributed by atoms with Crippen LogP contribution in [0.4, 0.5) is 35.1 Å². The largest absolute Gasteiger partial charge is 0.435 e. The minimum Gasteiger partial charge on any atom is -0.374 e. The first kappa shape index (κ1) is 29.6. The average Bonchev–Trinajstić information content (AvgIpc) is 3.27. The fourth-order valence-corrected chi connectivity index (χ4v) is 4.68. The molecule has 0 bridgehead atoms. The summed E-state index contributed by atoms with van der Waals surface area (Å²) in [6.45, 7) is 0.977. The molecule has 2 aromatic rings. The quantitative estimate of drug-likeness (QED) is 0.408. The van der Waals surface area contributed by atoms with Gasteiger partial charge in [-0.05, 0) is 48.4 Å². The van der Waals surface area contributed by atoms with E-state index in [1.807, 2.05) is 0 Å². The van der Waals surface area contributed by atoms with Crippen LogP contribution in [-0.2, 0) is 21.4 Å². The monoisotopic (exact) mass is 597 g/mol. The van der Waals surface area contributed by atoms with E-state index in [-0.39, 0.29) is 22.4 Å². The lowest BCUT2D eigenvalue weighted by molar-refractivity contribution is -0.276. The molecule has 6 nitrogen and oxygen atoms in total. The van der Waals surface area contributed by atoms with Crippen LogP contribution in [0.5, 0.6) is 0 Å². The number of carbonyl (C=O) groups excluding carboxylic acids is 2. The summed E-state index contributed by atoms with van der Waals surface area (Å²) in [5.41, 5.74) is -5.29. The van der Waals surface area contributed by atoms with E-state index < -0.39 is 83.7 Å². The van der Waals surface area contributed by atoms with Crippen molar-refractivity contribution in [1.29, 1.82) is 0 Å². The maximum Gasteiger partial charge on any atom is 0.435 e. The predicted octanol–water partition coefficient (Wildman–Crippen LogP) is 5.89. The highest BCUT2D eigenvalue weighted by Gasteiger charge is 2.62. The van der Waals surface area contributed by atoms with Gasteiger partial charge in [0, 0.05) is 41.5 Å². The van der Waals surface area contributed by atoms with Crippen LogP contribution >= 0.6 is 11.6 Å². The molecule has 15 heteroatoms. The smallest absolute Gasteiger partial charge is 0.374 e. The second-order valence-electron chi connectivity index (χ2n) is 9.60. The Morgan fingerprint density at radius 1 is 1.07 bits per heavy atom. The van der Waals surface area contributed by atoms with E-state index in [0.29, 0.717) is 12.1 Å². The molecule has 0 radical (unpaired) electrons. The molecule has 1 fully saturated rings. The lowest BCUT2D eigenvalue weighted by Crippen LogP contribution is -2.52.